The van der Waals surface area contributed by atoms with E-state index in [0.29, 0.717) is 11.3 Å². The van der Waals surface area contributed by atoms with Gasteiger partial charge in [0.05, 0.1) is 23.0 Å². The number of hydrogen-bond donors (Lipinski definition) is 0. The number of non-ortho nitro benzene ring substituents is 1. The van der Waals surface area contributed by atoms with Gasteiger partial charge in [0.25, 0.3) is 5.69 Å². The van der Waals surface area contributed by atoms with Crippen molar-refractivity contribution in [2.45, 2.75) is 90.8 Å². The Morgan fingerprint density at radius 2 is 1.79 bits per heavy atom. The van der Waals surface area contributed by atoms with Crippen LogP contribution in [0.15, 0.2) is 24.3 Å². The summed E-state index contributed by atoms with van der Waals surface area (Å²) < 4.78 is 11.5. The van der Waals surface area contributed by atoms with Crippen molar-refractivity contribution >= 4 is 48.7 Å². The highest BCUT2D eigenvalue weighted by Crippen LogP contribution is 2.41. The van der Waals surface area contributed by atoms with E-state index in [1.807, 2.05) is 6.92 Å². The van der Waals surface area contributed by atoms with Crippen molar-refractivity contribution in [2.75, 3.05) is 5.75 Å². The van der Waals surface area contributed by atoms with Crippen molar-refractivity contribution in [1.82, 2.24) is 4.90 Å². The van der Waals surface area contributed by atoms with Crippen molar-refractivity contribution in [3.8, 4) is 0 Å². The van der Waals surface area contributed by atoms with Crippen LogP contribution < -0.4 is 0 Å². The molecule has 1 aliphatic heterocycles. The Bertz CT molecular complexity index is 1050. The maximum absolute atomic E-state index is 13.2. The molecule has 0 spiro atoms. The number of nitro benzene ring substituents is 1. The average Bonchev–Trinajstić information content (AvgIpc) is 2.81. The fourth-order valence-corrected chi connectivity index (χ4v) is 6.23. The molecule has 1 saturated heterocycles. The summed E-state index contributed by atoms with van der Waals surface area (Å²) in [6.07, 6.45) is 1.19. The van der Waals surface area contributed by atoms with Gasteiger partial charge < -0.3 is 9.16 Å². The lowest BCUT2D eigenvalue weighted by Gasteiger charge is -2.49. The predicted octanol–water partition coefficient (Wildman–Crippen LogP) is 4.85. The maximum Gasteiger partial charge on any atom is 0.397 e. The van der Waals surface area contributed by atoms with Gasteiger partial charge in [-0.25, -0.2) is 4.79 Å². The van der Waals surface area contributed by atoms with Gasteiger partial charge in [-0.1, -0.05) is 45.9 Å². The SMILES string of the molecule is CCCCSC(=O)C[C@@H]1[C@@H]([C@@H](C)O[Si](C)(C)C(C)(C)C)C(=O)N1C(=O)C(=O)OCc1ccc([N+](=O)[O-])cc1. The van der Waals surface area contributed by atoms with E-state index >= 15 is 0 Å². The molecule has 1 aromatic carbocycles. The van der Waals surface area contributed by atoms with Crippen LogP contribution in [0.4, 0.5) is 5.69 Å². The van der Waals surface area contributed by atoms with Crippen LogP contribution in [0.25, 0.3) is 0 Å². The second-order valence-electron chi connectivity index (χ2n) is 11.0. The predicted molar refractivity (Wildman–Crippen MR) is 147 cm³/mol. The van der Waals surface area contributed by atoms with Gasteiger partial charge >= 0.3 is 11.9 Å². The van der Waals surface area contributed by atoms with E-state index in [4.69, 9.17) is 9.16 Å². The minimum Gasteiger partial charge on any atom is -0.454 e. The van der Waals surface area contributed by atoms with E-state index in [9.17, 15) is 29.3 Å². The van der Waals surface area contributed by atoms with Crippen LogP contribution in [-0.4, -0.2) is 58.9 Å². The van der Waals surface area contributed by atoms with Gasteiger partial charge in [0.15, 0.2) is 13.4 Å². The summed E-state index contributed by atoms with van der Waals surface area (Å²) in [5.74, 6) is -3.02. The van der Waals surface area contributed by atoms with Crippen LogP contribution in [0.3, 0.4) is 0 Å². The van der Waals surface area contributed by atoms with Crippen molar-refractivity contribution in [3.63, 3.8) is 0 Å². The summed E-state index contributed by atoms with van der Waals surface area (Å²) in [5, 5.41) is 10.5. The Labute approximate surface area is 229 Å². The summed E-state index contributed by atoms with van der Waals surface area (Å²) in [7, 11) is -2.25. The number of carbonyl (C=O) groups excluding carboxylic acids is 4. The Morgan fingerprint density at radius 1 is 1.18 bits per heavy atom. The molecule has 0 unspecified atom stereocenters. The van der Waals surface area contributed by atoms with Gasteiger partial charge in [-0.05, 0) is 49.2 Å². The third kappa shape index (κ3) is 7.73. The molecule has 0 aromatic heterocycles. The summed E-state index contributed by atoms with van der Waals surface area (Å²) in [6.45, 7) is 13.9. The molecule has 0 radical (unpaired) electrons. The first-order chi connectivity index (χ1) is 17.6. The third-order valence-corrected chi connectivity index (χ3v) is 12.7. The molecule has 2 rings (SSSR count). The van der Waals surface area contributed by atoms with Crippen LogP contribution in [0.1, 0.15) is 59.4 Å². The number of rotatable bonds is 11. The molecule has 210 valence electrons. The molecule has 1 aromatic rings. The molecule has 0 N–H and O–H groups in total. The standard InChI is InChI=1S/C26H38N2O8SSi/c1-8-9-14-37-21(29)15-20-22(17(2)36-38(6,7)26(3,4)5)23(30)27(20)24(31)25(32)35-16-18-10-12-19(13-11-18)28(33)34/h10-13,17,20,22H,8-9,14-16H2,1-7H3/t17-,20-,22-/m1/s1. The van der Waals surface area contributed by atoms with E-state index in [-0.39, 0.29) is 28.9 Å². The minimum absolute atomic E-state index is 0.0721. The number of amides is 2. The zero-order valence-electron chi connectivity index (χ0n) is 23.1. The first-order valence-electron chi connectivity index (χ1n) is 12.7. The molecule has 12 heteroatoms. The highest BCUT2D eigenvalue weighted by molar-refractivity contribution is 8.13. The topological polar surface area (TPSA) is 133 Å². The van der Waals surface area contributed by atoms with Crippen molar-refractivity contribution in [3.05, 3.63) is 39.9 Å². The van der Waals surface area contributed by atoms with E-state index < -0.39 is 49.1 Å². The molecule has 0 saturated carbocycles. The number of nitro groups is 1. The lowest BCUT2D eigenvalue weighted by molar-refractivity contribution is -0.384. The maximum atomic E-state index is 13.2. The Morgan fingerprint density at radius 3 is 2.32 bits per heavy atom. The van der Waals surface area contributed by atoms with Crippen molar-refractivity contribution < 1.29 is 33.3 Å². The number of esters is 1. The highest BCUT2D eigenvalue weighted by atomic mass is 32.2. The summed E-state index contributed by atoms with van der Waals surface area (Å²) >= 11 is 1.16. The molecule has 10 nitrogen and oxygen atoms in total. The van der Waals surface area contributed by atoms with Crippen LogP contribution in [0, 0.1) is 16.0 Å². The number of likely N-dealkylation sites (tertiary alicyclic amines) is 1. The minimum atomic E-state index is -2.25. The van der Waals surface area contributed by atoms with E-state index in [2.05, 4.69) is 33.9 Å². The Hall–Kier alpha value is -2.57. The number of hydrogen-bond acceptors (Lipinski definition) is 9. The molecule has 0 bridgehead atoms. The molecular weight excluding hydrogens is 528 g/mol. The number of thioether (sulfide) groups is 1. The fraction of sp³-hybridized carbons (Fsp3) is 0.615. The van der Waals surface area contributed by atoms with Gasteiger partial charge in [0.1, 0.15) is 6.61 Å². The summed E-state index contributed by atoms with van der Waals surface area (Å²) in [5.41, 5.74) is 0.326. The number of carbonyl (C=O) groups is 4. The second-order valence-corrected chi connectivity index (χ2v) is 16.9. The zero-order valence-corrected chi connectivity index (χ0v) is 25.0. The second kappa shape index (κ2) is 13.0. The molecule has 3 atom stereocenters. The molecule has 0 aliphatic carbocycles. The number of benzene rings is 1. The normalized spacial score (nSPS) is 18.5. The van der Waals surface area contributed by atoms with Gasteiger partial charge in [-0.3, -0.25) is 29.4 Å². The van der Waals surface area contributed by atoms with Crippen LogP contribution in [0.5, 0.6) is 0 Å². The molecule has 1 heterocycles. The monoisotopic (exact) mass is 566 g/mol. The van der Waals surface area contributed by atoms with Gasteiger partial charge in [-0.2, -0.15) is 0 Å². The fourth-order valence-electron chi connectivity index (χ4n) is 3.85. The van der Waals surface area contributed by atoms with Crippen molar-refractivity contribution in [2.24, 2.45) is 5.92 Å². The lowest BCUT2D eigenvalue weighted by Crippen LogP contribution is -2.68. The number of unbranched alkanes of at least 4 members (excludes halogenated alkanes) is 1. The summed E-state index contributed by atoms with van der Waals surface area (Å²) in [6, 6.07) is 4.54. The molecule has 1 aliphatic rings. The Balaban J connectivity index is 2.15. The van der Waals surface area contributed by atoms with Crippen LogP contribution >= 0.6 is 11.8 Å². The number of imide groups is 1. The van der Waals surface area contributed by atoms with Crippen LogP contribution in [-0.2, 0) is 34.9 Å². The third-order valence-electron chi connectivity index (χ3n) is 7.11. The van der Waals surface area contributed by atoms with Crippen molar-refractivity contribution in [1.29, 1.82) is 0 Å². The zero-order chi connectivity index (χ0) is 28.8. The average molecular weight is 567 g/mol. The molecule has 2 amide bonds. The largest absolute Gasteiger partial charge is 0.454 e. The first kappa shape index (κ1) is 31.6. The van der Waals surface area contributed by atoms with E-state index in [1.165, 1.54) is 24.3 Å². The molecular formula is C26H38N2O8SSi. The number of nitrogens with zero attached hydrogens (tertiary/aromatic N) is 2. The van der Waals surface area contributed by atoms with E-state index in [0.717, 1.165) is 29.5 Å². The molecule has 1 fully saturated rings. The Kier molecular flexibility index (Phi) is 10.8. The number of ether oxygens (including phenoxy) is 1. The lowest BCUT2D eigenvalue weighted by atomic mass is 9.81. The molecule has 38 heavy (non-hydrogen) atoms. The smallest absolute Gasteiger partial charge is 0.397 e. The van der Waals surface area contributed by atoms with Gasteiger partial charge in [0, 0.05) is 24.3 Å². The van der Waals surface area contributed by atoms with E-state index in [1.54, 1.807) is 6.92 Å². The summed E-state index contributed by atoms with van der Waals surface area (Å²) in [4.78, 5) is 62.4. The van der Waals surface area contributed by atoms with Gasteiger partial charge in [-0.15, -0.1) is 0 Å². The van der Waals surface area contributed by atoms with Crippen LogP contribution in [0.2, 0.25) is 18.1 Å². The first-order valence-corrected chi connectivity index (χ1v) is 16.6. The van der Waals surface area contributed by atoms with Gasteiger partial charge in [0.2, 0.25) is 5.91 Å². The number of β-lactam (4-membered cyclic amide) rings is 1. The quantitative estimate of drug-likeness (QED) is 0.0701. The highest BCUT2D eigenvalue weighted by Gasteiger charge is 2.56.